The van der Waals surface area contributed by atoms with Crippen LogP contribution in [-0.2, 0) is 13.1 Å². The minimum atomic E-state index is 0.758. The van der Waals surface area contributed by atoms with Crippen molar-refractivity contribution < 1.29 is 0 Å². The van der Waals surface area contributed by atoms with Gasteiger partial charge in [0.05, 0.1) is 6.54 Å². The zero-order valence-electron chi connectivity index (χ0n) is 10.4. The third-order valence-corrected chi connectivity index (χ3v) is 2.65. The van der Waals surface area contributed by atoms with E-state index in [4.69, 9.17) is 0 Å². The Balaban J connectivity index is 1.64. The molecule has 92 valence electrons. The lowest BCUT2D eigenvalue weighted by Gasteiger charge is -2.01. The van der Waals surface area contributed by atoms with Gasteiger partial charge in [-0.25, -0.2) is 0 Å². The maximum Gasteiger partial charge on any atom is 0.0636 e. The van der Waals surface area contributed by atoms with Gasteiger partial charge in [0.15, 0.2) is 0 Å². The van der Waals surface area contributed by atoms with Crippen LogP contribution in [-0.4, -0.2) is 12.8 Å². The van der Waals surface area contributed by atoms with Crippen LogP contribution in [0.4, 0.5) is 0 Å². The molecule has 0 saturated carbocycles. The summed E-state index contributed by atoms with van der Waals surface area (Å²) >= 11 is 0. The SMILES string of the molecule is C(CNCc1ccccc1)=NCc1ccccc1. The summed E-state index contributed by atoms with van der Waals surface area (Å²) in [5.41, 5.74) is 2.55. The average molecular weight is 238 g/mol. The zero-order chi connectivity index (χ0) is 12.5. The predicted octanol–water partition coefficient (Wildman–Crippen LogP) is 3.05. The van der Waals surface area contributed by atoms with E-state index in [-0.39, 0.29) is 0 Å². The fourth-order valence-electron chi connectivity index (χ4n) is 1.69. The van der Waals surface area contributed by atoms with Crippen LogP contribution in [0.15, 0.2) is 65.7 Å². The van der Waals surface area contributed by atoms with Crippen molar-refractivity contribution >= 4 is 6.21 Å². The fourth-order valence-corrected chi connectivity index (χ4v) is 1.69. The highest BCUT2D eigenvalue weighted by Gasteiger charge is 1.89. The molecule has 0 saturated heterocycles. The van der Waals surface area contributed by atoms with E-state index in [2.05, 4.69) is 46.7 Å². The molecule has 0 heterocycles. The topological polar surface area (TPSA) is 24.4 Å². The summed E-state index contributed by atoms with van der Waals surface area (Å²) in [7, 11) is 0. The van der Waals surface area contributed by atoms with Crippen LogP contribution in [0.1, 0.15) is 11.1 Å². The van der Waals surface area contributed by atoms with E-state index >= 15 is 0 Å². The first-order valence-corrected chi connectivity index (χ1v) is 6.22. The lowest BCUT2D eigenvalue weighted by molar-refractivity contribution is 0.780. The molecule has 0 aliphatic heterocycles. The van der Waals surface area contributed by atoms with Crippen LogP contribution >= 0.6 is 0 Å². The van der Waals surface area contributed by atoms with Crippen molar-refractivity contribution in [1.29, 1.82) is 0 Å². The molecule has 0 aliphatic rings. The standard InChI is InChI=1S/C16H18N2/c1-3-7-15(8-4-1)13-17-11-12-18-14-16-9-5-2-6-10-16/h1-11,18H,12-14H2. The first-order chi connectivity index (χ1) is 8.95. The number of hydrogen-bond donors (Lipinski definition) is 1. The first-order valence-electron chi connectivity index (χ1n) is 6.22. The average Bonchev–Trinajstić information content (AvgIpc) is 2.45. The van der Waals surface area contributed by atoms with E-state index in [0.29, 0.717) is 0 Å². The van der Waals surface area contributed by atoms with E-state index in [1.54, 1.807) is 0 Å². The highest BCUT2D eigenvalue weighted by atomic mass is 14.9. The van der Waals surface area contributed by atoms with Gasteiger partial charge in [-0.15, -0.1) is 0 Å². The summed E-state index contributed by atoms with van der Waals surface area (Å²) in [6.07, 6.45) is 1.94. The van der Waals surface area contributed by atoms with Gasteiger partial charge in [-0.3, -0.25) is 4.99 Å². The summed E-state index contributed by atoms with van der Waals surface area (Å²) in [5, 5.41) is 3.34. The third-order valence-electron chi connectivity index (χ3n) is 2.65. The quantitative estimate of drug-likeness (QED) is 0.607. The number of nitrogens with one attached hydrogen (secondary N) is 1. The van der Waals surface area contributed by atoms with Crippen LogP contribution in [0, 0.1) is 0 Å². The van der Waals surface area contributed by atoms with Gasteiger partial charge in [0.25, 0.3) is 0 Å². The Morgan fingerprint density at radius 2 is 1.44 bits per heavy atom. The lowest BCUT2D eigenvalue weighted by Crippen LogP contribution is -2.15. The van der Waals surface area contributed by atoms with Gasteiger partial charge in [-0.05, 0) is 11.1 Å². The monoisotopic (exact) mass is 238 g/mol. The summed E-state index contributed by atoms with van der Waals surface area (Å²) in [6, 6.07) is 20.7. The number of rotatable bonds is 6. The predicted molar refractivity (Wildman–Crippen MR) is 76.8 cm³/mol. The normalized spacial score (nSPS) is 10.9. The molecule has 0 amide bonds. The Bertz CT molecular complexity index is 463. The molecule has 1 N–H and O–H groups in total. The van der Waals surface area contributed by atoms with Gasteiger partial charge in [-0.1, -0.05) is 60.7 Å². The second-order valence-electron chi connectivity index (χ2n) is 4.13. The highest BCUT2D eigenvalue weighted by molar-refractivity contribution is 5.59. The lowest BCUT2D eigenvalue weighted by atomic mass is 10.2. The van der Waals surface area contributed by atoms with E-state index in [1.807, 2.05) is 30.5 Å². The van der Waals surface area contributed by atoms with Crippen LogP contribution in [0.5, 0.6) is 0 Å². The van der Waals surface area contributed by atoms with Crippen molar-refractivity contribution in [2.45, 2.75) is 13.1 Å². The molecule has 2 aromatic carbocycles. The molecular formula is C16H18N2. The fraction of sp³-hybridized carbons (Fsp3) is 0.188. The highest BCUT2D eigenvalue weighted by Crippen LogP contribution is 1.99. The summed E-state index contributed by atoms with van der Waals surface area (Å²) in [5.74, 6) is 0. The number of benzene rings is 2. The molecule has 0 atom stereocenters. The van der Waals surface area contributed by atoms with Crippen LogP contribution < -0.4 is 5.32 Å². The first kappa shape index (κ1) is 12.5. The van der Waals surface area contributed by atoms with Gasteiger partial charge >= 0.3 is 0 Å². The van der Waals surface area contributed by atoms with Crippen molar-refractivity contribution in [1.82, 2.24) is 5.32 Å². The molecule has 0 aliphatic carbocycles. The van der Waals surface area contributed by atoms with Crippen molar-refractivity contribution in [3.05, 3.63) is 71.8 Å². The van der Waals surface area contributed by atoms with Crippen LogP contribution in [0.2, 0.25) is 0 Å². The Hall–Kier alpha value is -1.93. The molecule has 2 rings (SSSR count). The van der Waals surface area contributed by atoms with Gasteiger partial charge in [0.1, 0.15) is 0 Å². The molecule has 2 nitrogen and oxygen atoms in total. The molecular weight excluding hydrogens is 220 g/mol. The molecule has 0 radical (unpaired) electrons. The Morgan fingerprint density at radius 1 is 0.833 bits per heavy atom. The summed E-state index contributed by atoms with van der Waals surface area (Å²) in [4.78, 5) is 4.39. The maximum absolute atomic E-state index is 4.39. The molecule has 0 aromatic heterocycles. The van der Waals surface area contributed by atoms with E-state index in [1.165, 1.54) is 11.1 Å². The minimum absolute atomic E-state index is 0.758. The van der Waals surface area contributed by atoms with Gasteiger partial charge < -0.3 is 5.32 Å². The molecule has 0 spiro atoms. The third kappa shape index (κ3) is 4.52. The van der Waals surface area contributed by atoms with Crippen LogP contribution in [0.25, 0.3) is 0 Å². The van der Waals surface area contributed by atoms with Crippen molar-refractivity contribution in [2.75, 3.05) is 6.54 Å². The molecule has 18 heavy (non-hydrogen) atoms. The van der Waals surface area contributed by atoms with Gasteiger partial charge in [0, 0.05) is 19.3 Å². The maximum atomic E-state index is 4.39. The second-order valence-corrected chi connectivity index (χ2v) is 4.13. The van der Waals surface area contributed by atoms with Crippen molar-refractivity contribution in [2.24, 2.45) is 4.99 Å². The van der Waals surface area contributed by atoms with E-state index in [0.717, 1.165) is 19.6 Å². The Morgan fingerprint density at radius 3 is 2.11 bits per heavy atom. The number of hydrogen-bond acceptors (Lipinski definition) is 2. The largest absolute Gasteiger partial charge is 0.308 e. The zero-order valence-corrected chi connectivity index (χ0v) is 10.4. The van der Waals surface area contributed by atoms with Crippen molar-refractivity contribution in [3.63, 3.8) is 0 Å². The van der Waals surface area contributed by atoms with Crippen molar-refractivity contribution in [3.8, 4) is 0 Å². The molecule has 0 bridgehead atoms. The van der Waals surface area contributed by atoms with Crippen LogP contribution in [0.3, 0.4) is 0 Å². The van der Waals surface area contributed by atoms with E-state index < -0.39 is 0 Å². The number of aliphatic imine (C=N–C) groups is 1. The molecule has 2 heteroatoms. The Kier molecular flexibility index (Phi) is 5.15. The van der Waals surface area contributed by atoms with Gasteiger partial charge in [0.2, 0.25) is 0 Å². The smallest absolute Gasteiger partial charge is 0.0636 e. The molecule has 0 unspecified atom stereocenters. The Labute approximate surface area is 108 Å². The molecule has 2 aromatic rings. The minimum Gasteiger partial charge on any atom is -0.308 e. The number of nitrogens with zero attached hydrogens (tertiary/aromatic N) is 1. The van der Waals surface area contributed by atoms with Gasteiger partial charge in [-0.2, -0.15) is 0 Å². The summed E-state index contributed by atoms with van der Waals surface area (Å²) in [6.45, 7) is 2.45. The summed E-state index contributed by atoms with van der Waals surface area (Å²) < 4.78 is 0. The van der Waals surface area contributed by atoms with E-state index in [9.17, 15) is 0 Å². The molecule has 0 fully saturated rings. The second kappa shape index (κ2) is 7.41.